The van der Waals surface area contributed by atoms with Gasteiger partial charge in [0.25, 0.3) is 0 Å². The van der Waals surface area contributed by atoms with Gasteiger partial charge in [-0.2, -0.15) is 0 Å². The summed E-state index contributed by atoms with van der Waals surface area (Å²) in [7, 11) is 1.68. The van der Waals surface area contributed by atoms with Crippen LogP contribution in [0.5, 0.6) is 0 Å². The number of carbonyl (C=O) groups excluding carboxylic acids is 1. The van der Waals surface area contributed by atoms with E-state index in [0.29, 0.717) is 12.6 Å². The zero-order valence-corrected chi connectivity index (χ0v) is 9.18. The third kappa shape index (κ3) is 3.64. The van der Waals surface area contributed by atoms with E-state index in [1.54, 1.807) is 7.05 Å². The minimum Gasteiger partial charge on any atom is -0.358 e. The molecule has 1 atom stereocenters. The van der Waals surface area contributed by atoms with Gasteiger partial charge in [-0.25, -0.2) is 0 Å². The van der Waals surface area contributed by atoms with Crippen LogP contribution in [0.4, 0.5) is 0 Å². The Balaban J connectivity index is 2.26. The van der Waals surface area contributed by atoms with Crippen molar-refractivity contribution in [2.45, 2.75) is 25.8 Å². The first-order valence-electron chi connectivity index (χ1n) is 5.42. The lowest BCUT2D eigenvalue weighted by Crippen LogP contribution is -2.42. The van der Waals surface area contributed by atoms with Crippen molar-refractivity contribution in [3.63, 3.8) is 0 Å². The van der Waals surface area contributed by atoms with Crippen LogP contribution >= 0.6 is 0 Å². The molecule has 0 aliphatic carbocycles. The summed E-state index contributed by atoms with van der Waals surface area (Å²) in [6.07, 6.45) is 2.51. The molecule has 0 aromatic rings. The maximum Gasteiger partial charge on any atom is 0.233 e. The van der Waals surface area contributed by atoms with Crippen molar-refractivity contribution in [1.29, 1.82) is 0 Å². The molecular formula is C10H21N3O. The van der Waals surface area contributed by atoms with E-state index in [0.717, 1.165) is 19.6 Å². The summed E-state index contributed by atoms with van der Waals surface area (Å²) in [5.74, 6) is 0.102. The third-order valence-electron chi connectivity index (χ3n) is 2.73. The molecular weight excluding hydrogens is 178 g/mol. The Kier molecular flexibility index (Phi) is 4.90. The number of hydrogen-bond acceptors (Lipinski definition) is 3. The Morgan fingerprint density at radius 3 is 2.93 bits per heavy atom. The van der Waals surface area contributed by atoms with Crippen molar-refractivity contribution < 1.29 is 4.79 Å². The number of amides is 1. The van der Waals surface area contributed by atoms with Crippen LogP contribution in [-0.2, 0) is 4.79 Å². The standard InChI is InChI=1S/C10H21N3O/c1-3-13(8-10(14)11-2)7-9-5-4-6-12-9/h9,12H,3-8H2,1-2H3,(H,11,14)/t9-/m0/s1. The van der Waals surface area contributed by atoms with Crippen LogP contribution in [0.1, 0.15) is 19.8 Å². The van der Waals surface area contributed by atoms with Crippen LogP contribution in [0.3, 0.4) is 0 Å². The van der Waals surface area contributed by atoms with Gasteiger partial charge in [0.1, 0.15) is 0 Å². The molecule has 0 radical (unpaired) electrons. The van der Waals surface area contributed by atoms with Gasteiger partial charge < -0.3 is 10.6 Å². The SMILES string of the molecule is CCN(CC(=O)NC)C[C@@H]1CCCN1. The summed E-state index contributed by atoms with van der Waals surface area (Å²) < 4.78 is 0. The molecule has 1 aliphatic heterocycles. The summed E-state index contributed by atoms with van der Waals surface area (Å²) in [6.45, 7) is 5.67. The van der Waals surface area contributed by atoms with Crippen molar-refractivity contribution in [2.75, 3.05) is 33.2 Å². The Morgan fingerprint density at radius 1 is 1.64 bits per heavy atom. The summed E-state index contributed by atoms with van der Waals surface area (Å²) in [5, 5.41) is 6.09. The van der Waals surface area contributed by atoms with E-state index in [2.05, 4.69) is 22.5 Å². The van der Waals surface area contributed by atoms with E-state index in [4.69, 9.17) is 0 Å². The van der Waals surface area contributed by atoms with E-state index < -0.39 is 0 Å². The maximum absolute atomic E-state index is 11.2. The fraction of sp³-hybridized carbons (Fsp3) is 0.900. The smallest absolute Gasteiger partial charge is 0.233 e. The van der Waals surface area contributed by atoms with Gasteiger partial charge in [-0.05, 0) is 25.9 Å². The van der Waals surface area contributed by atoms with Crippen LogP contribution in [-0.4, -0.2) is 50.1 Å². The highest BCUT2D eigenvalue weighted by molar-refractivity contribution is 5.77. The van der Waals surface area contributed by atoms with E-state index in [1.807, 2.05) is 0 Å². The average Bonchev–Trinajstić information content (AvgIpc) is 2.69. The van der Waals surface area contributed by atoms with E-state index in [-0.39, 0.29) is 5.91 Å². The van der Waals surface area contributed by atoms with E-state index >= 15 is 0 Å². The van der Waals surface area contributed by atoms with Crippen molar-refractivity contribution in [2.24, 2.45) is 0 Å². The zero-order chi connectivity index (χ0) is 10.4. The first kappa shape index (κ1) is 11.5. The van der Waals surface area contributed by atoms with Crippen LogP contribution in [0.25, 0.3) is 0 Å². The van der Waals surface area contributed by atoms with Gasteiger partial charge in [-0.1, -0.05) is 6.92 Å². The first-order valence-corrected chi connectivity index (χ1v) is 5.42. The number of nitrogens with zero attached hydrogens (tertiary/aromatic N) is 1. The van der Waals surface area contributed by atoms with Crippen LogP contribution in [0.2, 0.25) is 0 Å². The molecule has 0 aromatic heterocycles. The number of rotatable bonds is 5. The highest BCUT2D eigenvalue weighted by atomic mass is 16.1. The molecule has 0 saturated carbocycles. The highest BCUT2D eigenvalue weighted by Crippen LogP contribution is 2.06. The fourth-order valence-corrected chi connectivity index (χ4v) is 1.81. The predicted octanol–water partition coefficient (Wildman–Crippen LogP) is -0.194. The third-order valence-corrected chi connectivity index (χ3v) is 2.73. The van der Waals surface area contributed by atoms with Gasteiger partial charge in [-0.15, -0.1) is 0 Å². The molecule has 82 valence electrons. The summed E-state index contributed by atoms with van der Waals surface area (Å²) in [6, 6.07) is 0.583. The van der Waals surface area contributed by atoms with Gasteiger partial charge >= 0.3 is 0 Å². The van der Waals surface area contributed by atoms with E-state index in [1.165, 1.54) is 12.8 Å². The molecule has 1 aliphatic rings. The summed E-state index contributed by atoms with van der Waals surface area (Å²) in [5.41, 5.74) is 0. The lowest BCUT2D eigenvalue weighted by Gasteiger charge is -2.23. The zero-order valence-electron chi connectivity index (χ0n) is 9.18. The molecule has 4 nitrogen and oxygen atoms in total. The molecule has 1 rings (SSSR count). The highest BCUT2D eigenvalue weighted by Gasteiger charge is 2.17. The minimum absolute atomic E-state index is 0.102. The van der Waals surface area contributed by atoms with Crippen LogP contribution in [0, 0.1) is 0 Å². The number of carbonyl (C=O) groups is 1. The monoisotopic (exact) mass is 199 g/mol. The van der Waals surface area contributed by atoms with E-state index in [9.17, 15) is 4.79 Å². The molecule has 0 spiro atoms. The van der Waals surface area contributed by atoms with Crippen LogP contribution in [0.15, 0.2) is 0 Å². The molecule has 1 fully saturated rings. The lowest BCUT2D eigenvalue weighted by atomic mass is 10.2. The molecule has 1 saturated heterocycles. The molecule has 2 N–H and O–H groups in total. The summed E-state index contributed by atoms with van der Waals surface area (Å²) in [4.78, 5) is 13.4. The first-order chi connectivity index (χ1) is 6.76. The predicted molar refractivity (Wildman–Crippen MR) is 57.2 cm³/mol. The minimum atomic E-state index is 0.102. The largest absolute Gasteiger partial charge is 0.358 e. The number of likely N-dealkylation sites (N-methyl/N-ethyl adjacent to an activating group) is 2. The topological polar surface area (TPSA) is 44.4 Å². The Labute approximate surface area is 86.0 Å². The average molecular weight is 199 g/mol. The van der Waals surface area contributed by atoms with Crippen LogP contribution < -0.4 is 10.6 Å². The molecule has 1 heterocycles. The lowest BCUT2D eigenvalue weighted by molar-refractivity contribution is -0.121. The molecule has 14 heavy (non-hydrogen) atoms. The fourth-order valence-electron chi connectivity index (χ4n) is 1.81. The second-order valence-electron chi connectivity index (χ2n) is 3.79. The summed E-state index contributed by atoms with van der Waals surface area (Å²) >= 11 is 0. The second kappa shape index (κ2) is 5.98. The van der Waals surface area contributed by atoms with Crippen molar-refractivity contribution in [3.8, 4) is 0 Å². The Morgan fingerprint density at radius 2 is 2.43 bits per heavy atom. The van der Waals surface area contributed by atoms with Crippen molar-refractivity contribution in [1.82, 2.24) is 15.5 Å². The van der Waals surface area contributed by atoms with Gasteiger partial charge in [0, 0.05) is 19.6 Å². The molecule has 1 amide bonds. The molecule has 4 heteroatoms. The molecule has 0 bridgehead atoms. The second-order valence-corrected chi connectivity index (χ2v) is 3.79. The van der Waals surface area contributed by atoms with Crippen molar-refractivity contribution in [3.05, 3.63) is 0 Å². The van der Waals surface area contributed by atoms with Crippen molar-refractivity contribution >= 4 is 5.91 Å². The number of hydrogen-bond donors (Lipinski definition) is 2. The quantitative estimate of drug-likeness (QED) is 0.645. The molecule has 0 aromatic carbocycles. The van der Waals surface area contributed by atoms with Gasteiger partial charge in [0.2, 0.25) is 5.91 Å². The number of nitrogens with one attached hydrogen (secondary N) is 2. The van der Waals surface area contributed by atoms with Gasteiger partial charge in [0.15, 0.2) is 0 Å². The van der Waals surface area contributed by atoms with Gasteiger partial charge in [-0.3, -0.25) is 9.69 Å². The Bertz CT molecular complexity index is 178. The maximum atomic E-state index is 11.2. The normalized spacial score (nSPS) is 21.5. The Hall–Kier alpha value is -0.610. The van der Waals surface area contributed by atoms with Gasteiger partial charge in [0.05, 0.1) is 6.54 Å². The molecule has 0 unspecified atom stereocenters.